The van der Waals surface area contributed by atoms with Crippen LogP contribution in [0.2, 0.25) is 0 Å². The fourth-order valence-electron chi connectivity index (χ4n) is 3.77. The molecule has 1 amide bonds. The molecule has 39 heavy (non-hydrogen) atoms. The number of azo groups is 1. The van der Waals surface area contributed by atoms with Crippen LogP contribution in [0.25, 0.3) is 16.7 Å². The molecule has 0 fully saturated rings. The van der Waals surface area contributed by atoms with Crippen molar-refractivity contribution in [3.05, 3.63) is 90.4 Å². The number of hydrogen-bond donors (Lipinski definition) is 2. The summed E-state index contributed by atoms with van der Waals surface area (Å²) in [7, 11) is 2.77. The zero-order valence-corrected chi connectivity index (χ0v) is 20.8. The number of fused-ring (bicyclic) bond motifs is 1. The van der Waals surface area contributed by atoms with Gasteiger partial charge in [0.1, 0.15) is 17.0 Å². The first kappa shape index (κ1) is 25.0. The summed E-state index contributed by atoms with van der Waals surface area (Å²) in [5, 5.41) is 27.7. The lowest BCUT2D eigenvalue weighted by molar-refractivity contribution is 0.0601. The van der Waals surface area contributed by atoms with Gasteiger partial charge in [0.05, 0.1) is 26.0 Å². The molecule has 0 aliphatic carbocycles. The SMILES string of the molecule is COC(=O)c1cn(-c2ncccn2)nc1/N=N/c1c(O)c(C(=O)Nc2ccc(OC)cc2)cc2ccccc12. The zero-order valence-electron chi connectivity index (χ0n) is 20.8. The maximum Gasteiger partial charge on any atom is 0.343 e. The quantitative estimate of drug-likeness (QED) is 0.224. The number of hydrogen-bond acceptors (Lipinski definition) is 10. The van der Waals surface area contributed by atoms with Gasteiger partial charge in [0.25, 0.3) is 11.9 Å². The molecule has 0 aliphatic heterocycles. The molecule has 12 heteroatoms. The van der Waals surface area contributed by atoms with E-state index in [4.69, 9.17) is 9.47 Å². The molecule has 2 heterocycles. The Kier molecular flexibility index (Phi) is 6.90. The van der Waals surface area contributed by atoms with Crippen molar-refractivity contribution in [1.29, 1.82) is 0 Å². The Bertz CT molecular complexity index is 1700. The predicted octanol–water partition coefficient (Wildman–Crippen LogP) is 4.98. The maximum atomic E-state index is 13.1. The monoisotopic (exact) mass is 523 g/mol. The Labute approximate surface area is 221 Å². The highest BCUT2D eigenvalue weighted by molar-refractivity contribution is 6.11. The average Bonchev–Trinajstić information content (AvgIpc) is 3.41. The van der Waals surface area contributed by atoms with Crippen LogP contribution >= 0.6 is 0 Å². The Balaban J connectivity index is 1.56. The van der Waals surface area contributed by atoms with Gasteiger partial charge in [0, 0.05) is 23.5 Å². The first-order valence-corrected chi connectivity index (χ1v) is 11.6. The first-order valence-electron chi connectivity index (χ1n) is 11.6. The Morgan fingerprint density at radius 3 is 2.41 bits per heavy atom. The van der Waals surface area contributed by atoms with Crippen molar-refractivity contribution in [3.8, 4) is 17.4 Å². The van der Waals surface area contributed by atoms with Gasteiger partial charge in [0.2, 0.25) is 5.82 Å². The highest BCUT2D eigenvalue weighted by atomic mass is 16.5. The molecule has 0 atom stereocenters. The number of ether oxygens (including phenoxy) is 2. The standard InChI is InChI=1S/C27H21N7O5/c1-38-18-10-8-17(9-11-18)30-25(36)20-14-16-6-3-4-7-19(16)22(23(20)35)31-32-24-21(26(37)39-2)15-34(33-24)27-28-12-5-13-29-27/h3-15,35H,1-2H3,(H,30,36)/b32-31+. The third-order valence-corrected chi connectivity index (χ3v) is 5.69. The molecule has 0 unspecified atom stereocenters. The number of aromatic hydroxyl groups is 1. The van der Waals surface area contributed by atoms with Gasteiger partial charge in [0.15, 0.2) is 5.75 Å². The van der Waals surface area contributed by atoms with Crippen molar-refractivity contribution in [3.63, 3.8) is 0 Å². The van der Waals surface area contributed by atoms with Crippen LogP contribution in [0.1, 0.15) is 20.7 Å². The van der Waals surface area contributed by atoms with Crippen LogP contribution in [-0.2, 0) is 4.74 Å². The second-order valence-electron chi connectivity index (χ2n) is 8.08. The van der Waals surface area contributed by atoms with Crippen molar-refractivity contribution in [2.75, 3.05) is 19.5 Å². The number of carbonyl (C=O) groups is 2. The number of methoxy groups -OCH3 is 2. The minimum absolute atomic E-state index is 0.00546. The topological polar surface area (TPSA) is 153 Å². The van der Waals surface area contributed by atoms with E-state index >= 15 is 0 Å². The van der Waals surface area contributed by atoms with Gasteiger partial charge in [-0.2, -0.15) is 0 Å². The third-order valence-electron chi connectivity index (χ3n) is 5.69. The second-order valence-corrected chi connectivity index (χ2v) is 8.08. The molecule has 2 aromatic heterocycles. The van der Waals surface area contributed by atoms with Crippen molar-refractivity contribution < 1.29 is 24.2 Å². The number of rotatable bonds is 7. The van der Waals surface area contributed by atoms with Crippen LogP contribution in [0.4, 0.5) is 17.2 Å². The van der Waals surface area contributed by atoms with Crippen molar-refractivity contribution in [1.82, 2.24) is 19.7 Å². The van der Waals surface area contributed by atoms with Crippen LogP contribution in [-0.4, -0.2) is 51.0 Å². The van der Waals surface area contributed by atoms with Crippen molar-refractivity contribution in [2.24, 2.45) is 10.2 Å². The third kappa shape index (κ3) is 5.11. The summed E-state index contributed by atoms with van der Waals surface area (Å²) in [6.07, 6.45) is 4.41. The number of nitrogens with one attached hydrogen (secondary N) is 1. The molecule has 0 bridgehead atoms. The summed E-state index contributed by atoms with van der Waals surface area (Å²) < 4.78 is 11.3. The number of anilines is 1. The summed E-state index contributed by atoms with van der Waals surface area (Å²) in [4.78, 5) is 33.8. The number of phenols is 1. The van der Waals surface area contributed by atoms with Crippen LogP contribution in [0.15, 0.2) is 89.5 Å². The zero-order chi connectivity index (χ0) is 27.4. The first-order chi connectivity index (χ1) is 19.0. The summed E-state index contributed by atoms with van der Waals surface area (Å²) in [5.74, 6) is -0.903. The highest BCUT2D eigenvalue weighted by Gasteiger charge is 2.21. The Morgan fingerprint density at radius 1 is 0.949 bits per heavy atom. The molecular formula is C27H21N7O5. The number of phenolic OH excluding ortho intramolecular Hbond substituents is 1. The fraction of sp³-hybridized carbons (Fsp3) is 0.0741. The number of esters is 1. The Morgan fingerprint density at radius 2 is 1.69 bits per heavy atom. The van der Waals surface area contributed by atoms with Crippen LogP contribution in [0.5, 0.6) is 11.5 Å². The second kappa shape index (κ2) is 10.8. The van der Waals surface area contributed by atoms with Gasteiger partial charge in [-0.15, -0.1) is 15.3 Å². The largest absolute Gasteiger partial charge is 0.505 e. The van der Waals surface area contributed by atoms with E-state index < -0.39 is 17.6 Å². The fourth-order valence-corrected chi connectivity index (χ4v) is 3.77. The normalized spacial score (nSPS) is 11.0. The lowest BCUT2D eigenvalue weighted by Gasteiger charge is -2.11. The van der Waals surface area contributed by atoms with Crippen LogP contribution in [0.3, 0.4) is 0 Å². The summed E-state index contributed by atoms with van der Waals surface area (Å²) in [6, 6.07) is 17.0. The molecule has 5 rings (SSSR count). The number of benzene rings is 3. The summed E-state index contributed by atoms with van der Waals surface area (Å²) in [5.41, 5.74) is 0.517. The molecule has 5 aromatic rings. The molecule has 2 N–H and O–H groups in total. The lowest BCUT2D eigenvalue weighted by Crippen LogP contribution is -2.12. The van der Waals surface area contributed by atoms with Crippen LogP contribution < -0.4 is 10.1 Å². The van der Waals surface area contributed by atoms with Gasteiger partial charge < -0.3 is 19.9 Å². The minimum atomic E-state index is -0.701. The molecule has 12 nitrogen and oxygen atoms in total. The van der Waals surface area contributed by atoms with E-state index in [1.807, 2.05) is 0 Å². The van der Waals surface area contributed by atoms with Crippen molar-refractivity contribution >= 4 is 39.8 Å². The smallest absolute Gasteiger partial charge is 0.343 e. The molecule has 0 aliphatic rings. The lowest BCUT2D eigenvalue weighted by atomic mass is 10.0. The van der Waals surface area contributed by atoms with E-state index in [0.717, 1.165) is 0 Å². The van der Waals surface area contributed by atoms with E-state index in [0.29, 0.717) is 22.2 Å². The van der Waals surface area contributed by atoms with E-state index in [-0.39, 0.29) is 28.6 Å². The molecular weight excluding hydrogens is 502 g/mol. The Hall–Kier alpha value is -5.65. The summed E-state index contributed by atoms with van der Waals surface area (Å²) >= 11 is 0. The van der Waals surface area contributed by atoms with E-state index in [2.05, 4.69) is 30.6 Å². The van der Waals surface area contributed by atoms with Gasteiger partial charge in [-0.1, -0.05) is 24.3 Å². The van der Waals surface area contributed by atoms with E-state index in [1.165, 1.54) is 30.4 Å². The molecule has 0 radical (unpaired) electrons. The van der Waals surface area contributed by atoms with Gasteiger partial charge >= 0.3 is 5.97 Å². The van der Waals surface area contributed by atoms with Gasteiger partial charge in [-0.3, -0.25) is 4.79 Å². The molecule has 194 valence electrons. The number of nitrogens with zero attached hydrogens (tertiary/aromatic N) is 6. The minimum Gasteiger partial charge on any atom is -0.505 e. The van der Waals surface area contributed by atoms with Crippen molar-refractivity contribution in [2.45, 2.75) is 0 Å². The molecule has 0 spiro atoms. The molecule has 0 saturated heterocycles. The van der Waals surface area contributed by atoms with Crippen LogP contribution in [0, 0.1) is 0 Å². The molecule has 3 aromatic carbocycles. The molecule has 0 saturated carbocycles. The average molecular weight is 524 g/mol. The van der Waals surface area contributed by atoms with Gasteiger partial charge in [-0.25, -0.2) is 19.4 Å². The number of aromatic nitrogens is 4. The summed E-state index contributed by atoms with van der Waals surface area (Å²) in [6.45, 7) is 0. The van der Waals surface area contributed by atoms with E-state index in [9.17, 15) is 14.7 Å². The highest BCUT2D eigenvalue weighted by Crippen LogP contribution is 2.40. The number of carbonyl (C=O) groups excluding carboxylic acids is 2. The van der Waals surface area contributed by atoms with Gasteiger partial charge in [-0.05, 0) is 41.8 Å². The predicted molar refractivity (Wildman–Crippen MR) is 141 cm³/mol. The maximum absolute atomic E-state index is 13.1. The van der Waals surface area contributed by atoms with E-state index in [1.54, 1.807) is 67.8 Å². The number of amides is 1.